The van der Waals surface area contributed by atoms with Gasteiger partial charge in [-0.25, -0.2) is 4.98 Å². The summed E-state index contributed by atoms with van der Waals surface area (Å²) in [6, 6.07) is 7.08. The Bertz CT molecular complexity index is 1090. The van der Waals surface area contributed by atoms with E-state index in [2.05, 4.69) is 15.2 Å². The summed E-state index contributed by atoms with van der Waals surface area (Å²) in [5.41, 5.74) is -2.16. The molecular formula is C22H19F6N3OS. The van der Waals surface area contributed by atoms with Gasteiger partial charge in [-0.05, 0) is 44.2 Å². The molecule has 3 aromatic rings. The second-order valence-corrected chi connectivity index (χ2v) is 7.85. The van der Waals surface area contributed by atoms with Crippen LogP contribution in [0.5, 0.6) is 0 Å². The zero-order valence-electron chi connectivity index (χ0n) is 17.5. The highest BCUT2D eigenvalue weighted by molar-refractivity contribution is 7.14. The quantitative estimate of drug-likeness (QED) is 0.383. The van der Waals surface area contributed by atoms with Crippen molar-refractivity contribution in [3.05, 3.63) is 64.5 Å². The summed E-state index contributed by atoms with van der Waals surface area (Å²) in [4.78, 5) is 19.1. The number of halogens is 6. The number of amides is 1. The van der Waals surface area contributed by atoms with Gasteiger partial charge < -0.3 is 10.2 Å². The molecule has 0 atom stereocenters. The highest BCUT2D eigenvalue weighted by atomic mass is 32.1. The number of alkyl halides is 6. The highest BCUT2D eigenvalue weighted by Gasteiger charge is 2.37. The molecule has 0 spiro atoms. The Morgan fingerprint density at radius 3 is 1.97 bits per heavy atom. The van der Waals surface area contributed by atoms with Gasteiger partial charge in [0.15, 0.2) is 5.13 Å². The molecule has 176 valence electrons. The van der Waals surface area contributed by atoms with Crippen LogP contribution in [0.15, 0.2) is 47.8 Å². The molecule has 0 aliphatic heterocycles. The lowest BCUT2D eigenvalue weighted by molar-refractivity contribution is -0.143. The lowest BCUT2D eigenvalue weighted by Crippen LogP contribution is -2.21. The molecule has 2 aromatic carbocycles. The first kappa shape index (κ1) is 24.6. The number of carbonyl (C=O) groups is 1. The SMILES string of the molecule is CCN(CC)c1nc(-c2ccc(NC(=O)c3cc(C(F)(F)F)cc(C(F)(F)F)c3)cc2)cs1. The van der Waals surface area contributed by atoms with Crippen LogP contribution in [0.4, 0.5) is 37.2 Å². The van der Waals surface area contributed by atoms with Gasteiger partial charge in [-0.2, -0.15) is 26.3 Å². The molecule has 0 unspecified atom stereocenters. The molecule has 3 rings (SSSR count). The van der Waals surface area contributed by atoms with E-state index < -0.39 is 35.0 Å². The lowest BCUT2D eigenvalue weighted by Gasteiger charge is -2.16. The molecule has 1 N–H and O–H groups in total. The van der Waals surface area contributed by atoms with E-state index in [0.717, 1.165) is 23.8 Å². The largest absolute Gasteiger partial charge is 0.416 e. The van der Waals surface area contributed by atoms with E-state index >= 15 is 0 Å². The first-order chi connectivity index (χ1) is 15.4. The smallest absolute Gasteiger partial charge is 0.349 e. The third-order valence-corrected chi connectivity index (χ3v) is 5.72. The molecule has 1 amide bonds. The zero-order valence-corrected chi connectivity index (χ0v) is 18.3. The van der Waals surface area contributed by atoms with Gasteiger partial charge >= 0.3 is 12.4 Å². The molecule has 11 heteroatoms. The maximum atomic E-state index is 13.0. The molecule has 0 saturated heterocycles. The van der Waals surface area contributed by atoms with Crippen molar-refractivity contribution in [2.24, 2.45) is 0 Å². The molecule has 1 heterocycles. The van der Waals surface area contributed by atoms with Gasteiger partial charge in [0, 0.05) is 35.3 Å². The third-order valence-electron chi connectivity index (χ3n) is 4.81. The zero-order chi connectivity index (χ0) is 24.4. The Morgan fingerprint density at radius 2 is 1.48 bits per heavy atom. The van der Waals surface area contributed by atoms with Crippen molar-refractivity contribution >= 4 is 28.1 Å². The first-order valence-electron chi connectivity index (χ1n) is 9.84. The minimum atomic E-state index is -5.03. The van der Waals surface area contributed by atoms with Gasteiger partial charge in [0.25, 0.3) is 5.91 Å². The molecule has 0 fully saturated rings. The summed E-state index contributed by atoms with van der Waals surface area (Å²) < 4.78 is 78.1. The van der Waals surface area contributed by atoms with E-state index in [0.29, 0.717) is 17.8 Å². The van der Waals surface area contributed by atoms with Crippen molar-refractivity contribution < 1.29 is 31.1 Å². The summed E-state index contributed by atoms with van der Waals surface area (Å²) in [6.45, 7) is 5.65. The van der Waals surface area contributed by atoms with Gasteiger partial charge in [0.1, 0.15) is 0 Å². The van der Waals surface area contributed by atoms with E-state index in [-0.39, 0.29) is 11.8 Å². The molecule has 0 saturated carbocycles. The van der Waals surface area contributed by atoms with Crippen molar-refractivity contribution in [2.45, 2.75) is 26.2 Å². The Kier molecular flexibility index (Phi) is 7.01. The average Bonchev–Trinajstić information content (AvgIpc) is 3.23. The lowest BCUT2D eigenvalue weighted by atomic mass is 10.0. The normalized spacial score (nSPS) is 12.0. The van der Waals surface area contributed by atoms with Crippen molar-refractivity contribution in [1.29, 1.82) is 0 Å². The number of rotatable bonds is 6. The minimum Gasteiger partial charge on any atom is -0.349 e. The van der Waals surface area contributed by atoms with E-state index in [1.54, 1.807) is 12.1 Å². The summed E-state index contributed by atoms with van der Waals surface area (Å²) >= 11 is 1.48. The van der Waals surface area contributed by atoms with Crippen molar-refractivity contribution in [3.63, 3.8) is 0 Å². The third kappa shape index (κ3) is 5.84. The highest BCUT2D eigenvalue weighted by Crippen LogP contribution is 2.36. The van der Waals surface area contributed by atoms with Gasteiger partial charge in [-0.3, -0.25) is 4.79 Å². The molecule has 0 aliphatic rings. The Balaban J connectivity index is 1.81. The molecule has 0 aliphatic carbocycles. The van der Waals surface area contributed by atoms with E-state index in [1.165, 1.54) is 23.5 Å². The van der Waals surface area contributed by atoms with Gasteiger partial charge in [-0.15, -0.1) is 11.3 Å². The summed E-state index contributed by atoms with van der Waals surface area (Å²) in [5.74, 6) is -1.09. The van der Waals surface area contributed by atoms with Crippen molar-refractivity contribution in [2.75, 3.05) is 23.3 Å². The predicted octanol–water partition coefficient (Wildman–Crippen LogP) is 6.95. The van der Waals surface area contributed by atoms with Crippen LogP contribution < -0.4 is 10.2 Å². The van der Waals surface area contributed by atoms with Crippen LogP contribution in [-0.2, 0) is 12.4 Å². The topological polar surface area (TPSA) is 45.2 Å². The predicted molar refractivity (Wildman–Crippen MR) is 116 cm³/mol. The number of aromatic nitrogens is 1. The second kappa shape index (κ2) is 9.42. The molecule has 33 heavy (non-hydrogen) atoms. The minimum absolute atomic E-state index is 0.0219. The van der Waals surface area contributed by atoms with Crippen LogP contribution in [0.1, 0.15) is 35.3 Å². The van der Waals surface area contributed by atoms with Crippen LogP contribution in [0, 0.1) is 0 Å². The number of benzene rings is 2. The summed E-state index contributed by atoms with van der Waals surface area (Å²) in [6.07, 6.45) is -10.1. The molecule has 0 radical (unpaired) electrons. The number of nitrogens with zero attached hydrogens (tertiary/aromatic N) is 2. The fourth-order valence-electron chi connectivity index (χ4n) is 3.05. The van der Waals surface area contributed by atoms with E-state index in [4.69, 9.17) is 0 Å². The Morgan fingerprint density at radius 1 is 0.939 bits per heavy atom. The van der Waals surface area contributed by atoms with Crippen LogP contribution in [0.2, 0.25) is 0 Å². The van der Waals surface area contributed by atoms with Crippen LogP contribution in [0.3, 0.4) is 0 Å². The Hall–Kier alpha value is -3.08. The van der Waals surface area contributed by atoms with Crippen molar-refractivity contribution in [3.8, 4) is 11.3 Å². The first-order valence-corrected chi connectivity index (χ1v) is 10.7. The molecular weight excluding hydrogens is 468 g/mol. The Labute approximate surface area is 189 Å². The van der Waals surface area contributed by atoms with Crippen LogP contribution in [-0.4, -0.2) is 24.0 Å². The van der Waals surface area contributed by atoms with E-state index in [1.807, 2.05) is 19.2 Å². The fraction of sp³-hybridized carbons (Fsp3) is 0.273. The molecule has 0 bridgehead atoms. The van der Waals surface area contributed by atoms with Crippen molar-refractivity contribution in [1.82, 2.24) is 4.98 Å². The standard InChI is InChI=1S/C22H19F6N3OS/c1-3-31(4-2)20-30-18(12-33-20)13-5-7-17(8-6-13)29-19(32)14-9-15(21(23,24)25)11-16(10-14)22(26,27)28/h5-12H,3-4H2,1-2H3,(H,29,32). The average molecular weight is 487 g/mol. The van der Waals surface area contributed by atoms with Crippen LogP contribution in [0.25, 0.3) is 11.3 Å². The summed E-state index contributed by atoms with van der Waals surface area (Å²) in [5, 5.41) is 5.07. The molecule has 1 aromatic heterocycles. The number of hydrogen-bond acceptors (Lipinski definition) is 4. The maximum absolute atomic E-state index is 13.0. The second-order valence-electron chi connectivity index (χ2n) is 7.01. The summed E-state index contributed by atoms with van der Waals surface area (Å²) in [7, 11) is 0. The van der Waals surface area contributed by atoms with Gasteiger partial charge in [0.05, 0.1) is 16.8 Å². The number of anilines is 2. The van der Waals surface area contributed by atoms with Crippen LogP contribution >= 0.6 is 11.3 Å². The van der Waals surface area contributed by atoms with Gasteiger partial charge in [-0.1, -0.05) is 12.1 Å². The number of carbonyl (C=O) groups excluding carboxylic acids is 1. The number of nitrogens with one attached hydrogen (secondary N) is 1. The van der Waals surface area contributed by atoms with E-state index in [9.17, 15) is 31.1 Å². The molecule has 4 nitrogen and oxygen atoms in total. The number of thiazole rings is 1. The maximum Gasteiger partial charge on any atom is 0.416 e. The van der Waals surface area contributed by atoms with Gasteiger partial charge in [0.2, 0.25) is 0 Å². The number of hydrogen-bond donors (Lipinski definition) is 1. The fourth-order valence-corrected chi connectivity index (χ4v) is 4.01. The monoisotopic (exact) mass is 487 g/mol.